The second-order valence-electron chi connectivity index (χ2n) is 6.54. The molecule has 0 aromatic carbocycles. The van der Waals surface area contributed by atoms with Crippen LogP contribution in [0.4, 0.5) is 0 Å². The van der Waals surface area contributed by atoms with Gasteiger partial charge >= 0.3 is 5.97 Å². The van der Waals surface area contributed by atoms with Gasteiger partial charge in [0.15, 0.2) is 0 Å². The summed E-state index contributed by atoms with van der Waals surface area (Å²) in [7, 11) is -4.08. The highest BCUT2D eigenvalue weighted by Gasteiger charge is 2.65. The standard InChI is InChI=1S/C10H16O4S.C4H8O2/c1-9(2)7-3-4-10(9,8(11)5-7)6-15(12,13)14;1-2-3-4(5)6/h7H,3-6H2,1-2H3,(H,12,13,14);2-3H2,1H3,(H,5,6). The average molecular weight is 320 g/mol. The Morgan fingerprint density at radius 2 is 1.95 bits per heavy atom. The molecule has 0 spiro atoms. The lowest BCUT2D eigenvalue weighted by molar-refractivity contribution is -0.137. The first kappa shape index (κ1) is 18.1. The lowest BCUT2D eigenvalue weighted by Crippen LogP contribution is -2.42. The minimum atomic E-state index is -4.08. The highest BCUT2D eigenvalue weighted by Crippen LogP contribution is 2.64. The predicted molar refractivity (Wildman–Crippen MR) is 77.5 cm³/mol. The Balaban J connectivity index is 0.000000315. The number of hydrogen-bond acceptors (Lipinski definition) is 4. The van der Waals surface area contributed by atoms with Crippen LogP contribution in [0, 0.1) is 16.7 Å². The molecule has 0 amide bonds. The minimum Gasteiger partial charge on any atom is -0.481 e. The van der Waals surface area contributed by atoms with Gasteiger partial charge in [0.1, 0.15) is 5.78 Å². The van der Waals surface area contributed by atoms with Crippen LogP contribution in [-0.2, 0) is 19.7 Å². The Hall–Kier alpha value is -0.950. The average Bonchev–Trinajstić information content (AvgIpc) is 2.61. The summed E-state index contributed by atoms with van der Waals surface area (Å²) in [5.74, 6) is -0.812. The van der Waals surface area contributed by atoms with Crippen molar-refractivity contribution < 1.29 is 27.7 Å². The molecule has 7 heteroatoms. The van der Waals surface area contributed by atoms with Gasteiger partial charge < -0.3 is 5.11 Å². The summed E-state index contributed by atoms with van der Waals surface area (Å²) in [6.07, 6.45) is 3.00. The van der Waals surface area contributed by atoms with Crippen molar-refractivity contribution in [2.24, 2.45) is 16.7 Å². The van der Waals surface area contributed by atoms with Gasteiger partial charge in [0.05, 0.1) is 11.2 Å². The zero-order valence-electron chi connectivity index (χ0n) is 12.8. The normalized spacial score (nSPS) is 29.9. The third-order valence-corrected chi connectivity index (χ3v) is 5.89. The van der Waals surface area contributed by atoms with Gasteiger partial charge in [0, 0.05) is 12.8 Å². The van der Waals surface area contributed by atoms with Crippen molar-refractivity contribution in [1.29, 1.82) is 0 Å². The number of carbonyl (C=O) groups is 2. The number of hydrogen-bond donors (Lipinski definition) is 2. The highest BCUT2D eigenvalue weighted by atomic mass is 32.2. The van der Waals surface area contributed by atoms with Crippen molar-refractivity contribution >= 4 is 21.9 Å². The van der Waals surface area contributed by atoms with Crippen molar-refractivity contribution in [3.05, 3.63) is 0 Å². The fraction of sp³-hybridized carbons (Fsp3) is 0.857. The molecule has 2 saturated carbocycles. The second kappa shape index (κ2) is 6.04. The summed E-state index contributed by atoms with van der Waals surface area (Å²) in [6.45, 7) is 5.73. The minimum absolute atomic E-state index is 0.0152. The molecule has 0 aromatic rings. The van der Waals surface area contributed by atoms with Crippen molar-refractivity contribution in [2.45, 2.75) is 52.9 Å². The van der Waals surface area contributed by atoms with Crippen LogP contribution in [0.1, 0.15) is 52.9 Å². The highest BCUT2D eigenvalue weighted by molar-refractivity contribution is 7.85. The smallest absolute Gasteiger partial charge is 0.303 e. The largest absolute Gasteiger partial charge is 0.481 e. The lowest BCUT2D eigenvalue weighted by Gasteiger charge is -2.35. The zero-order chi connectivity index (χ0) is 16.5. The van der Waals surface area contributed by atoms with E-state index in [9.17, 15) is 18.0 Å². The molecule has 2 aliphatic carbocycles. The summed E-state index contributed by atoms with van der Waals surface area (Å²) in [4.78, 5) is 21.5. The van der Waals surface area contributed by atoms with Gasteiger partial charge in [-0.1, -0.05) is 20.8 Å². The molecule has 2 bridgehead atoms. The summed E-state index contributed by atoms with van der Waals surface area (Å²) >= 11 is 0. The van der Waals surface area contributed by atoms with E-state index in [4.69, 9.17) is 9.66 Å². The topological polar surface area (TPSA) is 109 Å². The van der Waals surface area contributed by atoms with E-state index in [1.165, 1.54) is 0 Å². The Kier molecular flexibility index (Phi) is 5.21. The maximum absolute atomic E-state index is 11.9. The van der Waals surface area contributed by atoms with Crippen molar-refractivity contribution in [2.75, 3.05) is 5.75 Å². The molecule has 2 rings (SSSR count). The molecule has 0 aliphatic heterocycles. The number of carboxylic acids is 1. The van der Waals surface area contributed by atoms with E-state index in [0.717, 1.165) is 12.8 Å². The lowest BCUT2D eigenvalue weighted by atomic mass is 9.70. The van der Waals surface area contributed by atoms with Crippen LogP contribution >= 0.6 is 0 Å². The van der Waals surface area contributed by atoms with E-state index in [2.05, 4.69) is 0 Å². The van der Waals surface area contributed by atoms with Gasteiger partial charge in [-0.05, 0) is 30.6 Å². The second-order valence-corrected chi connectivity index (χ2v) is 7.99. The van der Waals surface area contributed by atoms with Crippen LogP contribution in [0.25, 0.3) is 0 Å². The number of ketones is 1. The zero-order valence-corrected chi connectivity index (χ0v) is 13.6. The van der Waals surface area contributed by atoms with Crippen molar-refractivity contribution in [1.82, 2.24) is 0 Å². The molecule has 2 aliphatic rings. The van der Waals surface area contributed by atoms with Crippen LogP contribution < -0.4 is 0 Å². The number of aliphatic carboxylic acids is 1. The van der Waals surface area contributed by atoms with Gasteiger partial charge in [-0.3, -0.25) is 14.1 Å². The maximum atomic E-state index is 11.9. The summed E-state index contributed by atoms with van der Waals surface area (Å²) in [6, 6.07) is 0. The number of rotatable bonds is 4. The Bertz CT molecular complexity index is 522. The van der Waals surface area contributed by atoms with E-state index in [1.54, 1.807) is 0 Å². The molecular weight excluding hydrogens is 296 g/mol. The van der Waals surface area contributed by atoms with Gasteiger partial charge in [-0.15, -0.1) is 0 Å². The number of Topliss-reactive ketones (excluding diaryl/α,β-unsaturated/α-hetero) is 1. The molecule has 122 valence electrons. The third-order valence-electron chi connectivity index (χ3n) is 5.03. The van der Waals surface area contributed by atoms with Crippen molar-refractivity contribution in [3.8, 4) is 0 Å². The molecule has 2 unspecified atom stereocenters. The van der Waals surface area contributed by atoms with Crippen LogP contribution in [0.15, 0.2) is 0 Å². The fourth-order valence-electron chi connectivity index (χ4n) is 3.63. The summed E-state index contributed by atoms with van der Waals surface area (Å²) in [5.41, 5.74) is -1.12. The van der Waals surface area contributed by atoms with Gasteiger partial charge in [-0.2, -0.15) is 8.42 Å². The molecule has 2 atom stereocenters. The van der Waals surface area contributed by atoms with E-state index in [1.807, 2.05) is 20.8 Å². The molecule has 0 aromatic heterocycles. The number of carboxylic acid groups (broad SMARTS) is 1. The summed E-state index contributed by atoms with van der Waals surface area (Å²) < 4.78 is 31.0. The van der Waals surface area contributed by atoms with E-state index in [-0.39, 0.29) is 17.1 Å². The Labute approximate surface area is 125 Å². The first-order valence-corrected chi connectivity index (χ1v) is 8.77. The molecule has 6 nitrogen and oxygen atoms in total. The first-order valence-electron chi connectivity index (χ1n) is 7.16. The van der Waals surface area contributed by atoms with Crippen LogP contribution in [-0.4, -0.2) is 35.6 Å². The van der Waals surface area contributed by atoms with Gasteiger partial charge in [0.2, 0.25) is 0 Å². The van der Waals surface area contributed by atoms with E-state index >= 15 is 0 Å². The molecule has 0 heterocycles. The SMILES string of the molecule is CC1(C)C2CCC1(CS(=O)(=O)O)C(=O)C2.CCCC(=O)O. The molecule has 2 fully saturated rings. The van der Waals surface area contributed by atoms with Gasteiger partial charge in [0.25, 0.3) is 10.1 Å². The van der Waals surface area contributed by atoms with Crippen molar-refractivity contribution in [3.63, 3.8) is 0 Å². The maximum Gasteiger partial charge on any atom is 0.303 e. The monoisotopic (exact) mass is 320 g/mol. The van der Waals surface area contributed by atoms with Gasteiger partial charge in [-0.25, -0.2) is 0 Å². The number of carbonyl (C=O) groups excluding carboxylic acids is 1. The fourth-order valence-corrected chi connectivity index (χ4v) is 4.93. The van der Waals surface area contributed by atoms with Crippen LogP contribution in [0.2, 0.25) is 0 Å². The predicted octanol–water partition coefficient (Wildman–Crippen LogP) is 2.14. The third kappa shape index (κ3) is 3.63. The first-order chi connectivity index (χ1) is 9.46. The molecule has 0 radical (unpaired) electrons. The Morgan fingerprint density at radius 1 is 1.38 bits per heavy atom. The summed E-state index contributed by atoms with van der Waals surface area (Å²) in [5, 5.41) is 7.91. The Morgan fingerprint density at radius 3 is 2.19 bits per heavy atom. The molecule has 2 N–H and O–H groups in total. The van der Waals surface area contributed by atoms with E-state index in [0.29, 0.717) is 19.3 Å². The molecular formula is C14H24O6S. The van der Waals surface area contributed by atoms with E-state index < -0.39 is 27.3 Å². The van der Waals surface area contributed by atoms with Crippen LogP contribution in [0.3, 0.4) is 0 Å². The molecule has 21 heavy (non-hydrogen) atoms. The van der Waals surface area contributed by atoms with Crippen LogP contribution in [0.5, 0.6) is 0 Å². The number of fused-ring (bicyclic) bond motifs is 2. The quantitative estimate of drug-likeness (QED) is 0.768. The molecule has 0 saturated heterocycles.